The van der Waals surface area contributed by atoms with Gasteiger partial charge in [-0.05, 0) is 31.7 Å². The van der Waals surface area contributed by atoms with Crippen LogP contribution < -0.4 is 0 Å². The molecule has 0 saturated carbocycles. The minimum absolute atomic E-state index is 0.141. The van der Waals surface area contributed by atoms with E-state index < -0.39 is 0 Å². The van der Waals surface area contributed by atoms with Crippen molar-refractivity contribution < 1.29 is 9.53 Å². The second kappa shape index (κ2) is 7.80. The summed E-state index contributed by atoms with van der Waals surface area (Å²) in [6.07, 6.45) is 5.64. The lowest BCUT2D eigenvalue weighted by atomic mass is 10.0. The molecule has 1 atom stereocenters. The molecule has 0 aromatic carbocycles. The number of ether oxygens (including phenoxy) is 1. The summed E-state index contributed by atoms with van der Waals surface area (Å²) in [4.78, 5) is 13.1. The van der Waals surface area contributed by atoms with E-state index in [2.05, 4.69) is 18.7 Å². The van der Waals surface area contributed by atoms with Crippen LogP contribution in [0.2, 0.25) is 0 Å². The second-order valence-electron chi connectivity index (χ2n) is 5.03. The zero-order valence-electron chi connectivity index (χ0n) is 10.7. The van der Waals surface area contributed by atoms with Gasteiger partial charge < -0.3 is 9.53 Å². The van der Waals surface area contributed by atoms with Crippen LogP contribution in [0.25, 0.3) is 0 Å². The predicted molar refractivity (Wildman–Crippen MR) is 65.6 cm³/mol. The van der Waals surface area contributed by atoms with E-state index in [9.17, 15) is 4.79 Å². The van der Waals surface area contributed by atoms with Crippen LogP contribution in [0.15, 0.2) is 0 Å². The van der Waals surface area contributed by atoms with Gasteiger partial charge in [0.2, 0.25) is 0 Å². The third kappa shape index (κ3) is 5.08. The van der Waals surface area contributed by atoms with E-state index in [0.717, 1.165) is 45.4 Å². The van der Waals surface area contributed by atoms with Gasteiger partial charge in [-0.25, -0.2) is 0 Å². The molecule has 3 nitrogen and oxygen atoms in total. The Morgan fingerprint density at radius 3 is 2.88 bits per heavy atom. The van der Waals surface area contributed by atoms with Gasteiger partial charge in [0.25, 0.3) is 0 Å². The maximum Gasteiger partial charge on any atom is 0.137 e. The number of carbonyl (C=O) groups is 1. The van der Waals surface area contributed by atoms with E-state index in [1.807, 2.05) is 0 Å². The highest BCUT2D eigenvalue weighted by Gasteiger charge is 2.20. The van der Waals surface area contributed by atoms with Crippen molar-refractivity contribution in [3.8, 4) is 0 Å². The smallest absolute Gasteiger partial charge is 0.137 e. The molecule has 0 aromatic heterocycles. The summed E-state index contributed by atoms with van der Waals surface area (Å²) in [5.41, 5.74) is 0. The molecule has 1 rings (SSSR count). The van der Waals surface area contributed by atoms with E-state index in [0.29, 0.717) is 5.92 Å². The summed E-state index contributed by atoms with van der Waals surface area (Å²) in [7, 11) is 0. The lowest BCUT2D eigenvalue weighted by molar-refractivity contribution is -0.113. The maximum absolute atomic E-state index is 10.9. The van der Waals surface area contributed by atoms with Gasteiger partial charge >= 0.3 is 0 Å². The Hall–Kier alpha value is -0.410. The normalized spacial score (nSPS) is 22.6. The average molecular weight is 227 g/mol. The average Bonchev–Trinajstić information content (AvgIpc) is 2.29. The monoisotopic (exact) mass is 227 g/mol. The Kier molecular flexibility index (Phi) is 6.65. The van der Waals surface area contributed by atoms with Crippen LogP contribution in [0.4, 0.5) is 0 Å². The van der Waals surface area contributed by atoms with Crippen LogP contribution in [-0.2, 0) is 9.53 Å². The van der Waals surface area contributed by atoms with Crippen molar-refractivity contribution in [1.29, 1.82) is 0 Å². The first-order chi connectivity index (χ1) is 7.74. The van der Waals surface area contributed by atoms with Crippen molar-refractivity contribution in [2.24, 2.45) is 5.92 Å². The van der Waals surface area contributed by atoms with Crippen molar-refractivity contribution in [3.63, 3.8) is 0 Å². The second-order valence-corrected chi connectivity index (χ2v) is 5.03. The number of piperidine rings is 1. The number of hydrogen-bond acceptors (Lipinski definition) is 3. The SMILES string of the molecule is CC(C)CCOCCN1CCCCC1C=O. The fraction of sp³-hybridized carbons (Fsp3) is 0.923. The molecule has 0 amide bonds. The Labute approximate surface area is 99.1 Å². The number of likely N-dealkylation sites (tertiary alicyclic amines) is 1. The third-order valence-electron chi connectivity index (χ3n) is 3.18. The molecule has 0 bridgehead atoms. The summed E-state index contributed by atoms with van der Waals surface area (Å²) in [6, 6.07) is 0.141. The summed E-state index contributed by atoms with van der Waals surface area (Å²) >= 11 is 0. The van der Waals surface area contributed by atoms with E-state index in [4.69, 9.17) is 4.74 Å². The van der Waals surface area contributed by atoms with E-state index in [-0.39, 0.29) is 6.04 Å². The van der Waals surface area contributed by atoms with Gasteiger partial charge in [-0.2, -0.15) is 0 Å². The zero-order valence-corrected chi connectivity index (χ0v) is 10.7. The quantitative estimate of drug-likeness (QED) is 0.493. The lowest BCUT2D eigenvalue weighted by Crippen LogP contribution is -2.42. The van der Waals surface area contributed by atoms with Gasteiger partial charge in [-0.15, -0.1) is 0 Å². The molecule has 1 aliphatic rings. The summed E-state index contributed by atoms with van der Waals surface area (Å²) < 4.78 is 5.58. The Morgan fingerprint density at radius 2 is 2.19 bits per heavy atom. The molecule has 3 heteroatoms. The standard InChI is InChI=1S/C13H25NO2/c1-12(2)6-9-16-10-8-14-7-4-3-5-13(14)11-15/h11-13H,3-10H2,1-2H3. The molecule has 1 fully saturated rings. The highest BCUT2D eigenvalue weighted by atomic mass is 16.5. The Morgan fingerprint density at radius 1 is 1.38 bits per heavy atom. The van der Waals surface area contributed by atoms with Crippen molar-refractivity contribution in [1.82, 2.24) is 4.90 Å². The molecule has 94 valence electrons. The molecule has 1 aliphatic heterocycles. The van der Waals surface area contributed by atoms with Crippen molar-refractivity contribution >= 4 is 6.29 Å². The number of nitrogens with zero attached hydrogens (tertiary/aromatic N) is 1. The van der Waals surface area contributed by atoms with Gasteiger partial charge in [0.15, 0.2) is 0 Å². The molecule has 0 radical (unpaired) electrons. The number of hydrogen-bond donors (Lipinski definition) is 0. The largest absolute Gasteiger partial charge is 0.380 e. The van der Waals surface area contributed by atoms with Crippen molar-refractivity contribution in [3.05, 3.63) is 0 Å². The molecule has 0 N–H and O–H groups in total. The highest BCUT2D eigenvalue weighted by Crippen LogP contribution is 2.14. The van der Waals surface area contributed by atoms with Crippen LogP contribution in [0, 0.1) is 5.92 Å². The first-order valence-corrected chi connectivity index (χ1v) is 6.51. The molecule has 0 aliphatic carbocycles. The highest BCUT2D eigenvalue weighted by molar-refractivity contribution is 5.57. The Balaban J connectivity index is 2.08. The minimum atomic E-state index is 0.141. The molecule has 1 heterocycles. The minimum Gasteiger partial charge on any atom is -0.380 e. The molecule has 0 spiro atoms. The van der Waals surface area contributed by atoms with Crippen LogP contribution in [0.5, 0.6) is 0 Å². The third-order valence-corrected chi connectivity index (χ3v) is 3.18. The Bertz CT molecular complexity index is 194. The number of aldehydes is 1. The van der Waals surface area contributed by atoms with Crippen LogP contribution in [0.3, 0.4) is 0 Å². The fourth-order valence-corrected chi connectivity index (χ4v) is 2.05. The summed E-state index contributed by atoms with van der Waals surface area (Å²) in [5.74, 6) is 0.706. The van der Waals surface area contributed by atoms with Crippen LogP contribution in [0.1, 0.15) is 39.5 Å². The van der Waals surface area contributed by atoms with Gasteiger partial charge in [0, 0.05) is 13.2 Å². The molecule has 0 aromatic rings. The fourth-order valence-electron chi connectivity index (χ4n) is 2.05. The van der Waals surface area contributed by atoms with Crippen LogP contribution >= 0.6 is 0 Å². The van der Waals surface area contributed by atoms with Gasteiger partial charge in [-0.1, -0.05) is 20.3 Å². The van der Waals surface area contributed by atoms with E-state index in [1.165, 1.54) is 12.8 Å². The first kappa shape index (κ1) is 13.7. The van der Waals surface area contributed by atoms with Crippen LogP contribution in [-0.4, -0.2) is 43.5 Å². The molecule has 1 saturated heterocycles. The van der Waals surface area contributed by atoms with Crippen molar-refractivity contribution in [2.75, 3.05) is 26.3 Å². The lowest BCUT2D eigenvalue weighted by Gasteiger charge is -2.31. The predicted octanol–water partition coefficient (Wildman–Crippen LogP) is 2.10. The molecule has 16 heavy (non-hydrogen) atoms. The van der Waals surface area contributed by atoms with Crippen molar-refractivity contribution in [2.45, 2.75) is 45.6 Å². The van der Waals surface area contributed by atoms with Gasteiger partial charge in [-0.3, -0.25) is 4.90 Å². The molecular formula is C13H25NO2. The number of rotatable bonds is 7. The topological polar surface area (TPSA) is 29.5 Å². The summed E-state index contributed by atoms with van der Waals surface area (Å²) in [5, 5.41) is 0. The summed E-state index contributed by atoms with van der Waals surface area (Å²) in [6.45, 7) is 7.97. The zero-order chi connectivity index (χ0) is 11.8. The molecular weight excluding hydrogens is 202 g/mol. The van der Waals surface area contributed by atoms with Gasteiger partial charge in [0.05, 0.1) is 12.6 Å². The number of carbonyl (C=O) groups excluding carboxylic acids is 1. The maximum atomic E-state index is 10.9. The van der Waals surface area contributed by atoms with E-state index in [1.54, 1.807) is 0 Å². The van der Waals surface area contributed by atoms with Gasteiger partial charge in [0.1, 0.15) is 6.29 Å². The van der Waals surface area contributed by atoms with E-state index >= 15 is 0 Å². The first-order valence-electron chi connectivity index (χ1n) is 6.51. The molecule has 1 unspecified atom stereocenters.